The molecule has 0 aliphatic rings. The minimum Gasteiger partial charge on any atom is -0.294 e. The maximum atomic E-state index is 12.9. The SMILES string of the molecule is N#CC(c1c(Cl)cccc1Cl)C(CC(=O)c1ccccc1)c1ccccc1. The highest BCUT2D eigenvalue weighted by Gasteiger charge is 2.30. The summed E-state index contributed by atoms with van der Waals surface area (Å²) in [5.74, 6) is -1.02. The van der Waals surface area contributed by atoms with Gasteiger partial charge in [0.25, 0.3) is 0 Å². The van der Waals surface area contributed by atoms with Crippen LogP contribution in [0.25, 0.3) is 0 Å². The van der Waals surface area contributed by atoms with Gasteiger partial charge in [0.1, 0.15) is 0 Å². The first-order chi connectivity index (χ1) is 13.1. The van der Waals surface area contributed by atoms with E-state index in [4.69, 9.17) is 23.2 Å². The van der Waals surface area contributed by atoms with E-state index in [1.54, 1.807) is 30.3 Å². The minimum absolute atomic E-state index is 0.0205. The number of Topliss-reactive ketones (excluding diaryl/α,β-unsaturated/α-hetero) is 1. The van der Waals surface area contributed by atoms with Crippen LogP contribution in [0.2, 0.25) is 10.0 Å². The van der Waals surface area contributed by atoms with Crippen LogP contribution in [0.1, 0.15) is 39.7 Å². The molecule has 0 aromatic heterocycles. The first kappa shape index (κ1) is 19.2. The van der Waals surface area contributed by atoms with Crippen LogP contribution in [0.3, 0.4) is 0 Å². The number of rotatable bonds is 6. The van der Waals surface area contributed by atoms with Crippen LogP contribution in [-0.2, 0) is 0 Å². The zero-order valence-electron chi connectivity index (χ0n) is 14.5. The fourth-order valence-electron chi connectivity index (χ4n) is 3.23. The van der Waals surface area contributed by atoms with Crippen molar-refractivity contribution in [3.63, 3.8) is 0 Å². The normalized spacial score (nSPS) is 12.8. The fourth-order valence-corrected chi connectivity index (χ4v) is 3.87. The largest absolute Gasteiger partial charge is 0.294 e. The lowest BCUT2D eigenvalue weighted by molar-refractivity contribution is 0.0971. The Hall–Kier alpha value is -2.60. The molecule has 3 rings (SSSR count). The molecule has 0 radical (unpaired) electrons. The number of nitrogens with zero attached hydrogens (tertiary/aromatic N) is 1. The molecule has 0 fully saturated rings. The van der Waals surface area contributed by atoms with Gasteiger partial charge in [0, 0.05) is 33.5 Å². The number of halogens is 2. The summed E-state index contributed by atoms with van der Waals surface area (Å²) in [5, 5.41) is 10.8. The summed E-state index contributed by atoms with van der Waals surface area (Å²) in [5.41, 5.74) is 2.10. The molecule has 0 heterocycles. The van der Waals surface area contributed by atoms with Crippen molar-refractivity contribution in [2.45, 2.75) is 18.3 Å². The van der Waals surface area contributed by atoms with Gasteiger partial charge in [-0.2, -0.15) is 5.26 Å². The molecule has 2 atom stereocenters. The maximum Gasteiger partial charge on any atom is 0.163 e. The Kier molecular flexibility index (Phi) is 6.29. The maximum absolute atomic E-state index is 12.9. The molecule has 134 valence electrons. The van der Waals surface area contributed by atoms with E-state index in [0.717, 1.165) is 5.56 Å². The number of carbonyl (C=O) groups excluding carboxylic acids is 1. The van der Waals surface area contributed by atoms with Crippen molar-refractivity contribution in [3.8, 4) is 6.07 Å². The second-order valence-corrected chi connectivity index (χ2v) is 7.07. The van der Waals surface area contributed by atoms with Gasteiger partial charge in [-0.15, -0.1) is 0 Å². The molecule has 3 aromatic carbocycles. The van der Waals surface area contributed by atoms with Gasteiger partial charge < -0.3 is 0 Å². The molecule has 0 aliphatic heterocycles. The zero-order valence-corrected chi connectivity index (χ0v) is 16.0. The predicted molar refractivity (Wildman–Crippen MR) is 109 cm³/mol. The smallest absolute Gasteiger partial charge is 0.163 e. The molecule has 0 bridgehead atoms. The van der Waals surface area contributed by atoms with E-state index in [2.05, 4.69) is 6.07 Å². The van der Waals surface area contributed by atoms with Gasteiger partial charge in [-0.1, -0.05) is 89.9 Å². The topological polar surface area (TPSA) is 40.9 Å². The van der Waals surface area contributed by atoms with E-state index in [-0.39, 0.29) is 18.1 Å². The van der Waals surface area contributed by atoms with Gasteiger partial charge in [0.2, 0.25) is 0 Å². The molecule has 2 nitrogen and oxygen atoms in total. The van der Waals surface area contributed by atoms with Gasteiger partial charge in [-0.25, -0.2) is 0 Å². The molecular weight excluding hydrogens is 377 g/mol. The van der Waals surface area contributed by atoms with Crippen LogP contribution < -0.4 is 0 Å². The first-order valence-corrected chi connectivity index (χ1v) is 9.34. The zero-order chi connectivity index (χ0) is 19.2. The Morgan fingerprint density at radius 3 is 1.96 bits per heavy atom. The lowest BCUT2D eigenvalue weighted by Crippen LogP contribution is -2.16. The highest BCUT2D eigenvalue weighted by molar-refractivity contribution is 6.36. The number of benzene rings is 3. The highest BCUT2D eigenvalue weighted by atomic mass is 35.5. The van der Waals surface area contributed by atoms with Crippen molar-refractivity contribution in [3.05, 3.63) is 106 Å². The van der Waals surface area contributed by atoms with Crippen molar-refractivity contribution < 1.29 is 4.79 Å². The molecule has 0 spiro atoms. The van der Waals surface area contributed by atoms with E-state index < -0.39 is 5.92 Å². The van der Waals surface area contributed by atoms with Crippen molar-refractivity contribution in [2.75, 3.05) is 0 Å². The molecule has 0 aliphatic carbocycles. The molecule has 3 aromatic rings. The van der Waals surface area contributed by atoms with E-state index in [9.17, 15) is 10.1 Å². The minimum atomic E-state index is -0.638. The summed E-state index contributed by atoms with van der Waals surface area (Å²) in [6.45, 7) is 0. The summed E-state index contributed by atoms with van der Waals surface area (Å²) < 4.78 is 0. The van der Waals surface area contributed by atoms with Gasteiger partial charge in [-0.3, -0.25) is 4.79 Å². The second kappa shape index (κ2) is 8.86. The van der Waals surface area contributed by atoms with E-state index in [0.29, 0.717) is 21.2 Å². The Bertz CT molecular complexity index is 944. The van der Waals surface area contributed by atoms with E-state index in [1.807, 2.05) is 48.5 Å². The number of nitriles is 1. The van der Waals surface area contributed by atoms with Gasteiger partial charge in [0.15, 0.2) is 5.78 Å². The van der Waals surface area contributed by atoms with Crippen molar-refractivity contribution >= 4 is 29.0 Å². The predicted octanol–water partition coefficient (Wildman–Crippen LogP) is 6.66. The summed E-state index contributed by atoms with van der Waals surface area (Å²) in [7, 11) is 0. The van der Waals surface area contributed by atoms with Crippen LogP contribution in [0.4, 0.5) is 0 Å². The van der Waals surface area contributed by atoms with Crippen LogP contribution in [0.15, 0.2) is 78.9 Å². The third-order valence-electron chi connectivity index (χ3n) is 4.58. The van der Waals surface area contributed by atoms with E-state index >= 15 is 0 Å². The summed E-state index contributed by atoms with van der Waals surface area (Å²) >= 11 is 12.7. The third kappa shape index (κ3) is 4.39. The van der Waals surface area contributed by atoms with Crippen molar-refractivity contribution in [1.29, 1.82) is 5.26 Å². The Balaban J connectivity index is 2.04. The molecule has 0 amide bonds. The summed E-state index contributed by atoms with van der Waals surface area (Å²) in [6, 6.07) is 26.2. The van der Waals surface area contributed by atoms with Gasteiger partial charge in [0.05, 0.1) is 12.0 Å². The molecule has 4 heteroatoms. The third-order valence-corrected chi connectivity index (χ3v) is 5.24. The molecule has 0 saturated carbocycles. The summed E-state index contributed by atoms with van der Waals surface area (Å²) in [6.07, 6.45) is 0.188. The van der Waals surface area contributed by atoms with Crippen molar-refractivity contribution in [1.82, 2.24) is 0 Å². The fraction of sp³-hybridized carbons (Fsp3) is 0.130. The quantitative estimate of drug-likeness (QED) is 0.439. The van der Waals surface area contributed by atoms with Gasteiger partial charge in [-0.05, 0) is 17.7 Å². The number of hydrogen-bond acceptors (Lipinski definition) is 2. The van der Waals surface area contributed by atoms with Crippen LogP contribution in [0.5, 0.6) is 0 Å². The molecule has 0 N–H and O–H groups in total. The monoisotopic (exact) mass is 393 g/mol. The Labute approximate surface area is 169 Å². The standard InChI is InChI=1S/C23H17Cl2NO/c24-20-12-7-13-21(25)23(20)19(15-26)18(16-8-3-1-4-9-16)14-22(27)17-10-5-2-6-11-17/h1-13,18-19H,14H2. The van der Waals surface area contributed by atoms with Crippen LogP contribution in [-0.4, -0.2) is 5.78 Å². The van der Waals surface area contributed by atoms with E-state index in [1.165, 1.54) is 0 Å². The number of hydrogen-bond donors (Lipinski definition) is 0. The summed E-state index contributed by atoms with van der Waals surface area (Å²) in [4.78, 5) is 12.9. The Morgan fingerprint density at radius 1 is 0.852 bits per heavy atom. The average molecular weight is 394 g/mol. The average Bonchev–Trinajstić information content (AvgIpc) is 2.70. The second-order valence-electron chi connectivity index (χ2n) is 6.25. The van der Waals surface area contributed by atoms with Crippen LogP contribution in [0, 0.1) is 11.3 Å². The number of ketones is 1. The Morgan fingerprint density at radius 2 is 1.41 bits per heavy atom. The molecular formula is C23H17Cl2NO. The lowest BCUT2D eigenvalue weighted by atomic mass is 9.78. The van der Waals surface area contributed by atoms with Crippen LogP contribution >= 0.6 is 23.2 Å². The van der Waals surface area contributed by atoms with Crippen molar-refractivity contribution in [2.24, 2.45) is 0 Å². The molecule has 2 unspecified atom stereocenters. The molecule has 0 saturated heterocycles. The first-order valence-electron chi connectivity index (χ1n) is 8.58. The lowest BCUT2D eigenvalue weighted by Gasteiger charge is -2.24. The molecule has 27 heavy (non-hydrogen) atoms. The van der Waals surface area contributed by atoms with Gasteiger partial charge >= 0.3 is 0 Å². The number of carbonyl (C=O) groups is 1. The highest BCUT2D eigenvalue weighted by Crippen LogP contribution is 2.42.